The van der Waals surface area contributed by atoms with Crippen molar-refractivity contribution in [1.29, 1.82) is 0 Å². The molecular formula is C23H32N2O5S3Si. The van der Waals surface area contributed by atoms with Gasteiger partial charge in [-0.1, -0.05) is 48.4 Å². The van der Waals surface area contributed by atoms with Crippen LogP contribution in [0.15, 0.2) is 23.1 Å². The van der Waals surface area contributed by atoms with E-state index in [-0.39, 0.29) is 22.3 Å². The molecule has 186 valence electrons. The van der Waals surface area contributed by atoms with Crippen molar-refractivity contribution in [1.82, 2.24) is 9.88 Å². The first-order chi connectivity index (χ1) is 15.8. The molecule has 1 fully saturated rings. The van der Waals surface area contributed by atoms with Gasteiger partial charge in [-0.15, -0.1) is 11.3 Å². The van der Waals surface area contributed by atoms with E-state index in [1.165, 1.54) is 40.5 Å². The molecule has 0 bridgehead atoms. The highest BCUT2D eigenvalue weighted by Gasteiger charge is 2.46. The Morgan fingerprint density at radius 2 is 1.97 bits per heavy atom. The van der Waals surface area contributed by atoms with Crippen LogP contribution in [-0.2, 0) is 23.5 Å². The molecule has 0 saturated carbocycles. The number of hydrogen-bond donors (Lipinski definition) is 0. The quantitative estimate of drug-likeness (QED) is 0.136. The summed E-state index contributed by atoms with van der Waals surface area (Å²) in [5.41, 5.74) is 0.908. The van der Waals surface area contributed by atoms with E-state index >= 15 is 0 Å². The fourth-order valence-electron chi connectivity index (χ4n) is 3.31. The van der Waals surface area contributed by atoms with Crippen molar-refractivity contribution in [3.8, 4) is 0 Å². The summed E-state index contributed by atoms with van der Waals surface area (Å²) >= 11 is 1.64. The SMILES string of the molecule is COC(=O)C(C(C)=O)N1C[C@H](SSc2cccc3sc([C@@H](C)O[Si](C)(C)C(C)(C)C)nc23)C1=O. The van der Waals surface area contributed by atoms with Crippen molar-refractivity contribution in [3.63, 3.8) is 0 Å². The van der Waals surface area contributed by atoms with Crippen LogP contribution in [0.3, 0.4) is 0 Å². The number of amides is 1. The number of aromatic nitrogens is 1. The van der Waals surface area contributed by atoms with E-state index < -0.39 is 26.1 Å². The normalized spacial score (nSPS) is 18.5. The smallest absolute Gasteiger partial charge is 0.336 e. The van der Waals surface area contributed by atoms with Crippen LogP contribution in [0, 0.1) is 0 Å². The van der Waals surface area contributed by atoms with Gasteiger partial charge < -0.3 is 14.1 Å². The number of nitrogens with zero attached hydrogens (tertiary/aromatic N) is 2. The minimum absolute atomic E-state index is 0.0904. The van der Waals surface area contributed by atoms with Crippen LogP contribution in [0.4, 0.5) is 0 Å². The Hall–Kier alpha value is -1.40. The number of Topliss-reactive ketones (excluding diaryl/α,β-unsaturated/α-hetero) is 1. The second-order valence-electron chi connectivity index (χ2n) is 9.87. The Morgan fingerprint density at radius 1 is 1.29 bits per heavy atom. The van der Waals surface area contributed by atoms with Crippen LogP contribution in [0.25, 0.3) is 10.2 Å². The molecule has 0 radical (unpaired) electrons. The summed E-state index contributed by atoms with van der Waals surface area (Å²) in [5.74, 6) is -1.33. The molecule has 11 heteroatoms. The number of esters is 1. The van der Waals surface area contributed by atoms with Gasteiger partial charge in [-0.05, 0) is 44.1 Å². The summed E-state index contributed by atoms with van der Waals surface area (Å²) in [6, 6.07) is 4.88. The zero-order chi connectivity index (χ0) is 25.4. The fraction of sp³-hybridized carbons (Fsp3) is 0.565. The molecule has 0 aliphatic carbocycles. The van der Waals surface area contributed by atoms with Crippen molar-refractivity contribution in [2.75, 3.05) is 13.7 Å². The average Bonchev–Trinajstić information content (AvgIpc) is 3.19. The summed E-state index contributed by atoms with van der Waals surface area (Å²) in [4.78, 5) is 43.5. The number of fused-ring (bicyclic) bond motifs is 1. The third-order valence-electron chi connectivity index (χ3n) is 6.32. The summed E-state index contributed by atoms with van der Waals surface area (Å²) in [6.45, 7) is 14.8. The molecule has 3 atom stereocenters. The molecule has 1 aromatic carbocycles. The molecule has 7 nitrogen and oxygen atoms in total. The van der Waals surface area contributed by atoms with Crippen LogP contribution in [0.2, 0.25) is 18.1 Å². The first kappa shape index (κ1) is 27.2. The van der Waals surface area contributed by atoms with E-state index in [1.54, 1.807) is 11.3 Å². The van der Waals surface area contributed by atoms with Gasteiger partial charge in [0.05, 0.1) is 23.4 Å². The number of hydrogen-bond acceptors (Lipinski definition) is 9. The molecule has 1 aromatic heterocycles. The molecule has 1 aliphatic rings. The number of carbonyl (C=O) groups excluding carboxylic acids is 3. The molecule has 0 N–H and O–H groups in total. The molecule has 3 rings (SSSR count). The van der Waals surface area contributed by atoms with Crippen LogP contribution in [0.5, 0.6) is 0 Å². The van der Waals surface area contributed by atoms with Crippen molar-refractivity contribution in [2.24, 2.45) is 0 Å². The van der Waals surface area contributed by atoms with Crippen LogP contribution < -0.4 is 0 Å². The molecule has 2 heterocycles. The van der Waals surface area contributed by atoms with Gasteiger partial charge in [-0.3, -0.25) is 9.59 Å². The maximum absolute atomic E-state index is 12.6. The number of ketones is 1. The molecule has 2 aromatic rings. The number of carbonyl (C=O) groups is 3. The van der Waals surface area contributed by atoms with Gasteiger partial charge in [0.2, 0.25) is 5.91 Å². The highest BCUT2D eigenvalue weighted by atomic mass is 33.1. The van der Waals surface area contributed by atoms with Gasteiger partial charge in [0.25, 0.3) is 0 Å². The Kier molecular flexibility index (Phi) is 8.23. The number of methoxy groups -OCH3 is 1. The molecule has 1 aliphatic heterocycles. The lowest BCUT2D eigenvalue weighted by Gasteiger charge is -2.40. The topological polar surface area (TPSA) is 85.8 Å². The maximum atomic E-state index is 12.6. The minimum atomic E-state index is -1.93. The van der Waals surface area contributed by atoms with E-state index in [0.29, 0.717) is 6.54 Å². The first-order valence-corrected chi connectivity index (χ1v) is 17.0. The molecular weight excluding hydrogens is 509 g/mol. The number of benzene rings is 1. The van der Waals surface area contributed by atoms with Gasteiger partial charge in [0.15, 0.2) is 20.1 Å². The number of β-lactam (4-membered cyclic amide) rings is 1. The molecule has 1 amide bonds. The maximum Gasteiger partial charge on any atom is 0.336 e. The minimum Gasteiger partial charge on any atom is -0.467 e. The second-order valence-corrected chi connectivity index (χ2v) is 18.1. The van der Waals surface area contributed by atoms with Crippen LogP contribution >= 0.6 is 32.9 Å². The number of ether oxygens (including phenoxy) is 1. The Bertz CT molecular complexity index is 1100. The summed E-state index contributed by atoms with van der Waals surface area (Å²) < 4.78 is 12.3. The van der Waals surface area contributed by atoms with Gasteiger partial charge in [0, 0.05) is 11.4 Å². The van der Waals surface area contributed by atoms with E-state index in [9.17, 15) is 14.4 Å². The van der Waals surface area contributed by atoms with Gasteiger partial charge in [0.1, 0.15) is 10.3 Å². The summed E-state index contributed by atoms with van der Waals surface area (Å²) in [5, 5.41) is 0.741. The Morgan fingerprint density at radius 3 is 2.53 bits per heavy atom. The predicted molar refractivity (Wildman–Crippen MR) is 142 cm³/mol. The number of thiazole rings is 1. The lowest BCUT2D eigenvalue weighted by Crippen LogP contribution is -2.63. The van der Waals surface area contributed by atoms with Gasteiger partial charge >= 0.3 is 5.97 Å². The van der Waals surface area contributed by atoms with E-state index in [4.69, 9.17) is 9.41 Å². The summed E-state index contributed by atoms with van der Waals surface area (Å²) in [7, 11) is 2.21. The van der Waals surface area contributed by atoms with Crippen LogP contribution in [0.1, 0.15) is 45.7 Å². The van der Waals surface area contributed by atoms with Gasteiger partial charge in [-0.25, -0.2) is 9.78 Å². The Labute approximate surface area is 213 Å². The zero-order valence-corrected chi connectivity index (χ0v) is 24.3. The molecule has 1 saturated heterocycles. The first-order valence-electron chi connectivity index (χ1n) is 11.1. The third-order valence-corrected chi connectivity index (χ3v) is 14.8. The fourth-order valence-corrected chi connectivity index (χ4v) is 8.30. The third kappa shape index (κ3) is 5.53. The number of likely N-dealkylation sites (tertiary alicyclic amines) is 1. The standard InChI is InChI=1S/C23H32N2O5S3Si/c1-13(26)19(22(28)29-6)25-12-17(21(25)27)33-32-16-11-9-10-15-18(16)24-20(31-15)14(2)30-34(7,8)23(3,4)5/h9-11,14,17,19H,12H2,1-8H3/t14-,17+,19?/m1/s1. The lowest BCUT2D eigenvalue weighted by atomic mass is 10.1. The lowest BCUT2D eigenvalue weighted by molar-refractivity contribution is -0.161. The molecule has 1 unspecified atom stereocenters. The van der Waals surface area contributed by atoms with Crippen molar-refractivity contribution in [2.45, 2.75) is 75.0 Å². The number of para-hydroxylation sites is 1. The van der Waals surface area contributed by atoms with E-state index in [0.717, 1.165) is 20.1 Å². The van der Waals surface area contributed by atoms with Crippen LogP contribution in [-0.4, -0.2) is 60.8 Å². The largest absolute Gasteiger partial charge is 0.467 e. The number of rotatable bonds is 9. The second kappa shape index (κ2) is 10.3. The van der Waals surface area contributed by atoms with Gasteiger partial charge in [-0.2, -0.15) is 0 Å². The molecule has 34 heavy (non-hydrogen) atoms. The monoisotopic (exact) mass is 540 g/mol. The van der Waals surface area contributed by atoms with Crippen molar-refractivity contribution >= 4 is 69.1 Å². The summed E-state index contributed by atoms with van der Waals surface area (Å²) in [6.07, 6.45) is -0.0904. The van der Waals surface area contributed by atoms with E-state index in [1.807, 2.05) is 18.2 Å². The molecule has 0 spiro atoms. The highest BCUT2D eigenvalue weighted by molar-refractivity contribution is 8.77. The average molecular weight is 541 g/mol. The van der Waals surface area contributed by atoms with E-state index in [2.05, 4.69) is 45.5 Å². The Balaban J connectivity index is 1.69. The predicted octanol–water partition coefficient (Wildman–Crippen LogP) is 5.46. The van der Waals surface area contributed by atoms with Crippen molar-refractivity contribution < 1.29 is 23.5 Å². The van der Waals surface area contributed by atoms with Crippen molar-refractivity contribution in [3.05, 3.63) is 23.2 Å². The highest BCUT2D eigenvalue weighted by Crippen LogP contribution is 2.44. The zero-order valence-electron chi connectivity index (χ0n) is 20.8.